The van der Waals surface area contributed by atoms with Crippen molar-refractivity contribution in [2.45, 2.75) is 6.54 Å². The van der Waals surface area contributed by atoms with Crippen LogP contribution in [-0.4, -0.2) is 52.4 Å². The highest BCUT2D eigenvalue weighted by molar-refractivity contribution is 6.31. The van der Waals surface area contributed by atoms with Crippen molar-refractivity contribution in [3.05, 3.63) is 16.7 Å². The minimum atomic E-state index is 0.582. The molecule has 0 amide bonds. The Morgan fingerprint density at radius 1 is 1.10 bits per heavy atom. The van der Waals surface area contributed by atoms with E-state index in [1.807, 2.05) is 0 Å². The van der Waals surface area contributed by atoms with Gasteiger partial charge in [0.15, 0.2) is 11.5 Å². The lowest BCUT2D eigenvalue weighted by Gasteiger charge is -2.28. The quantitative estimate of drug-likeness (QED) is 0.898. The number of rotatable bonds is 5. The first kappa shape index (κ1) is 15.2. The highest BCUT2D eigenvalue weighted by Gasteiger charge is 2.22. The van der Waals surface area contributed by atoms with Gasteiger partial charge in [-0.2, -0.15) is 0 Å². The highest BCUT2D eigenvalue weighted by atomic mass is 35.5. The zero-order valence-electron chi connectivity index (χ0n) is 12.2. The van der Waals surface area contributed by atoms with Gasteiger partial charge in [-0.25, -0.2) is 0 Å². The summed E-state index contributed by atoms with van der Waals surface area (Å²) in [5.74, 6) is 1.82. The normalized spacial score (nSPS) is 16.0. The maximum Gasteiger partial charge on any atom is 0.203 e. The van der Waals surface area contributed by atoms with Gasteiger partial charge in [-0.15, -0.1) is 0 Å². The molecule has 0 saturated carbocycles. The van der Waals surface area contributed by atoms with E-state index in [0.717, 1.165) is 38.3 Å². The Morgan fingerprint density at radius 2 is 1.75 bits per heavy atom. The molecule has 0 unspecified atom stereocenters. The second-order valence-corrected chi connectivity index (χ2v) is 5.04. The smallest absolute Gasteiger partial charge is 0.203 e. The second kappa shape index (κ2) is 7.02. The molecular formula is C14H21ClN2O3. The first-order valence-electron chi connectivity index (χ1n) is 6.61. The Bertz CT molecular complexity index is 462. The van der Waals surface area contributed by atoms with Crippen LogP contribution < -0.4 is 19.5 Å². The molecule has 0 aromatic heterocycles. The molecule has 0 radical (unpaired) electrons. The Morgan fingerprint density at radius 3 is 2.30 bits per heavy atom. The Labute approximate surface area is 124 Å². The van der Waals surface area contributed by atoms with Crippen LogP contribution in [0.1, 0.15) is 5.56 Å². The Hall–Kier alpha value is -1.17. The maximum atomic E-state index is 6.38. The minimum absolute atomic E-state index is 0.582. The number of nitrogens with one attached hydrogen (secondary N) is 1. The SMILES string of the molecule is COc1cc(Cl)c(CN2CCNCC2)c(OC)c1OC. The first-order chi connectivity index (χ1) is 9.71. The van der Waals surface area contributed by atoms with Crippen LogP contribution in [0.2, 0.25) is 5.02 Å². The van der Waals surface area contributed by atoms with Crippen molar-refractivity contribution in [2.24, 2.45) is 0 Å². The fraction of sp³-hybridized carbons (Fsp3) is 0.571. The van der Waals surface area contributed by atoms with Crippen molar-refractivity contribution in [3.8, 4) is 17.2 Å². The molecule has 0 atom stereocenters. The number of methoxy groups -OCH3 is 3. The van der Waals surface area contributed by atoms with E-state index in [1.165, 1.54) is 0 Å². The van der Waals surface area contributed by atoms with E-state index in [9.17, 15) is 0 Å². The molecule has 1 aromatic rings. The number of hydrogen-bond acceptors (Lipinski definition) is 5. The molecule has 2 rings (SSSR count). The summed E-state index contributed by atoms with van der Waals surface area (Å²) in [6, 6.07) is 1.78. The van der Waals surface area contributed by atoms with Crippen LogP contribution in [0.4, 0.5) is 0 Å². The van der Waals surface area contributed by atoms with Crippen molar-refractivity contribution >= 4 is 11.6 Å². The van der Waals surface area contributed by atoms with Crippen LogP contribution in [0.25, 0.3) is 0 Å². The summed E-state index contributed by atoms with van der Waals surface area (Å²) in [4.78, 5) is 2.34. The van der Waals surface area contributed by atoms with Crippen molar-refractivity contribution in [1.82, 2.24) is 10.2 Å². The lowest BCUT2D eigenvalue weighted by atomic mass is 10.1. The summed E-state index contributed by atoms with van der Waals surface area (Å²) in [6.07, 6.45) is 0. The van der Waals surface area contributed by atoms with Gasteiger partial charge < -0.3 is 19.5 Å². The van der Waals surface area contributed by atoms with Gasteiger partial charge in [0.05, 0.1) is 26.4 Å². The van der Waals surface area contributed by atoms with Gasteiger partial charge in [0.2, 0.25) is 5.75 Å². The highest BCUT2D eigenvalue weighted by Crippen LogP contribution is 2.44. The van der Waals surface area contributed by atoms with Crippen molar-refractivity contribution < 1.29 is 14.2 Å². The standard InChI is InChI=1S/C14H21ClN2O3/c1-18-12-8-11(15)10(13(19-2)14(12)20-3)9-17-6-4-16-5-7-17/h8,16H,4-7,9H2,1-3H3. The van der Waals surface area contributed by atoms with Crippen molar-refractivity contribution in [2.75, 3.05) is 47.5 Å². The van der Waals surface area contributed by atoms with Crippen LogP contribution in [0.5, 0.6) is 17.2 Å². The number of ether oxygens (including phenoxy) is 3. The number of nitrogens with zero attached hydrogens (tertiary/aromatic N) is 1. The van der Waals surface area contributed by atoms with Crippen molar-refractivity contribution in [3.63, 3.8) is 0 Å². The summed E-state index contributed by atoms with van der Waals surface area (Å²) in [7, 11) is 4.81. The number of hydrogen-bond donors (Lipinski definition) is 1. The zero-order chi connectivity index (χ0) is 14.5. The lowest BCUT2D eigenvalue weighted by molar-refractivity contribution is 0.228. The molecule has 5 nitrogen and oxygen atoms in total. The van der Waals surface area contributed by atoms with Gasteiger partial charge >= 0.3 is 0 Å². The molecule has 0 bridgehead atoms. The summed E-state index contributed by atoms with van der Waals surface area (Å²) in [5, 5.41) is 3.97. The van der Waals surface area contributed by atoms with Gasteiger partial charge in [-0.1, -0.05) is 11.6 Å². The summed E-state index contributed by atoms with van der Waals surface area (Å²) in [5.41, 5.74) is 0.939. The van der Waals surface area contributed by atoms with Crippen LogP contribution >= 0.6 is 11.6 Å². The fourth-order valence-electron chi connectivity index (χ4n) is 2.43. The van der Waals surface area contributed by atoms with E-state index in [-0.39, 0.29) is 0 Å². The number of halogens is 1. The topological polar surface area (TPSA) is 43.0 Å². The molecule has 0 aliphatic carbocycles. The average Bonchev–Trinajstić information content (AvgIpc) is 2.49. The fourth-order valence-corrected chi connectivity index (χ4v) is 2.67. The number of piperazine rings is 1. The Balaban J connectivity index is 2.35. The van der Waals surface area contributed by atoms with Crippen LogP contribution in [0.15, 0.2) is 6.07 Å². The minimum Gasteiger partial charge on any atom is -0.493 e. The molecule has 1 aliphatic rings. The van der Waals surface area contributed by atoms with Crippen LogP contribution in [-0.2, 0) is 6.54 Å². The van der Waals surface area contributed by atoms with Gasteiger partial charge in [-0.05, 0) is 0 Å². The van der Waals surface area contributed by atoms with E-state index >= 15 is 0 Å². The van der Waals surface area contributed by atoms with E-state index < -0.39 is 0 Å². The summed E-state index contributed by atoms with van der Waals surface area (Å²) in [6.45, 7) is 4.71. The van der Waals surface area contributed by atoms with Crippen LogP contribution in [0, 0.1) is 0 Å². The monoisotopic (exact) mass is 300 g/mol. The van der Waals surface area contributed by atoms with E-state index in [2.05, 4.69) is 10.2 Å². The second-order valence-electron chi connectivity index (χ2n) is 4.63. The zero-order valence-corrected chi connectivity index (χ0v) is 12.9. The molecule has 1 saturated heterocycles. The third-order valence-electron chi connectivity index (χ3n) is 3.47. The third-order valence-corrected chi connectivity index (χ3v) is 3.81. The van der Waals surface area contributed by atoms with E-state index in [4.69, 9.17) is 25.8 Å². The van der Waals surface area contributed by atoms with Gasteiger partial charge in [0.1, 0.15) is 0 Å². The van der Waals surface area contributed by atoms with E-state index in [1.54, 1.807) is 27.4 Å². The molecule has 20 heavy (non-hydrogen) atoms. The Kier molecular flexibility index (Phi) is 5.34. The maximum absolute atomic E-state index is 6.38. The lowest BCUT2D eigenvalue weighted by Crippen LogP contribution is -2.43. The van der Waals surface area contributed by atoms with Gasteiger partial charge in [0.25, 0.3) is 0 Å². The third kappa shape index (κ3) is 3.11. The molecule has 1 aliphatic heterocycles. The average molecular weight is 301 g/mol. The van der Waals surface area contributed by atoms with E-state index in [0.29, 0.717) is 22.3 Å². The molecule has 6 heteroatoms. The van der Waals surface area contributed by atoms with Gasteiger partial charge in [0, 0.05) is 44.4 Å². The van der Waals surface area contributed by atoms with Crippen molar-refractivity contribution in [1.29, 1.82) is 0 Å². The molecule has 1 fully saturated rings. The first-order valence-corrected chi connectivity index (χ1v) is 6.99. The molecule has 1 aromatic carbocycles. The molecule has 112 valence electrons. The summed E-state index contributed by atoms with van der Waals surface area (Å²) < 4.78 is 16.2. The number of benzene rings is 1. The molecule has 1 N–H and O–H groups in total. The summed E-state index contributed by atoms with van der Waals surface area (Å²) >= 11 is 6.38. The predicted molar refractivity (Wildman–Crippen MR) is 79.3 cm³/mol. The molecule has 0 spiro atoms. The predicted octanol–water partition coefficient (Wildman–Crippen LogP) is 1.77. The van der Waals surface area contributed by atoms with Gasteiger partial charge in [-0.3, -0.25) is 4.90 Å². The van der Waals surface area contributed by atoms with Crippen LogP contribution in [0.3, 0.4) is 0 Å². The molecule has 1 heterocycles. The largest absolute Gasteiger partial charge is 0.493 e. The molecular weight excluding hydrogens is 280 g/mol.